The molecule has 0 saturated heterocycles. The van der Waals surface area contributed by atoms with Crippen LogP contribution in [0.4, 0.5) is 0 Å². The van der Waals surface area contributed by atoms with Crippen LogP contribution in [0.3, 0.4) is 0 Å². The smallest absolute Gasteiger partial charge is 0.257 e. The second-order valence-corrected chi connectivity index (χ2v) is 8.58. The third kappa shape index (κ3) is 6.21. The van der Waals surface area contributed by atoms with Gasteiger partial charge in [-0.15, -0.1) is 5.10 Å². The Labute approximate surface area is 205 Å². The minimum atomic E-state index is -0.542. The highest BCUT2D eigenvalue weighted by molar-refractivity contribution is 7.99. The maximum absolute atomic E-state index is 12.3. The lowest BCUT2D eigenvalue weighted by Crippen LogP contribution is -2.47. The number of carbonyl (C=O) groups is 3. The number of hydrogen-bond donors (Lipinski definition) is 3. The second-order valence-electron chi connectivity index (χ2n) is 7.64. The Kier molecular flexibility index (Phi) is 7.68. The van der Waals surface area contributed by atoms with E-state index in [1.807, 2.05) is 73.7 Å². The molecular weight excluding hydrogens is 466 g/mol. The van der Waals surface area contributed by atoms with E-state index in [-0.39, 0.29) is 24.6 Å². The van der Waals surface area contributed by atoms with E-state index in [0.29, 0.717) is 5.16 Å². The number of tetrazole rings is 1. The number of benzene rings is 3. The lowest BCUT2D eigenvalue weighted by Gasteiger charge is -2.10. The van der Waals surface area contributed by atoms with Crippen LogP contribution in [0.2, 0.25) is 0 Å². The Morgan fingerprint density at radius 3 is 2.49 bits per heavy atom. The maximum atomic E-state index is 12.3. The van der Waals surface area contributed by atoms with E-state index < -0.39 is 11.8 Å². The van der Waals surface area contributed by atoms with Crippen molar-refractivity contribution in [3.8, 4) is 5.69 Å². The van der Waals surface area contributed by atoms with Gasteiger partial charge in [-0.3, -0.25) is 25.2 Å². The minimum Gasteiger partial charge on any atom is -0.347 e. The molecule has 0 fully saturated rings. The molecule has 0 aliphatic carbocycles. The van der Waals surface area contributed by atoms with Gasteiger partial charge in [0.25, 0.3) is 5.91 Å². The van der Waals surface area contributed by atoms with Crippen LogP contribution in [0.5, 0.6) is 0 Å². The van der Waals surface area contributed by atoms with Crippen LogP contribution in [0.25, 0.3) is 16.5 Å². The van der Waals surface area contributed by atoms with Crippen molar-refractivity contribution >= 4 is 40.3 Å². The average Bonchev–Trinajstić information content (AvgIpc) is 3.34. The van der Waals surface area contributed by atoms with Gasteiger partial charge in [0.05, 0.1) is 24.4 Å². The summed E-state index contributed by atoms with van der Waals surface area (Å²) in [7, 11) is 0. The molecule has 0 bridgehead atoms. The van der Waals surface area contributed by atoms with Gasteiger partial charge in [-0.05, 0) is 45.3 Å². The Bertz CT molecular complexity index is 1370. The largest absolute Gasteiger partial charge is 0.347 e. The molecule has 0 aliphatic heterocycles. The summed E-state index contributed by atoms with van der Waals surface area (Å²) in [5.74, 6) is -1.29. The third-order valence-corrected chi connectivity index (χ3v) is 6.05. The molecule has 0 saturated carbocycles. The number of amides is 3. The second kappa shape index (κ2) is 11.3. The molecule has 3 aromatic carbocycles. The van der Waals surface area contributed by atoms with Crippen molar-refractivity contribution < 1.29 is 14.4 Å². The maximum Gasteiger partial charge on any atom is 0.257 e. The van der Waals surface area contributed by atoms with Crippen molar-refractivity contribution in [2.24, 2.45) is 0 Å². The first-order valence-corrected chi connectivity index (χ1v) is 11.8. The summed E-state index contributed by atoms with van der Waals surface area (Å²) in [6, 6.07) is 21.2. The molecule has 0 spiro atoms. The highest BCUT2D eigenvalue weighted by Gasteiger charge is 2.14. The number of aromatic nitrogens is 4. The predicted octanol–water partition coefficient (Wildman–Crippen LogP) is 1.72. The monoisotopic (exact) mass is 489 g/mol. The fourth-order valence-corrected chi connectivity index (χ4v) is 4.12. The first-order valence-electron chi connectivity index (χ1n) is 10.8. The Balaban J connectivity index is 1.20. The van der Waals surface area contributed by atoms with Gasteiger partial charge in [0, 0.05) is 0 Å². The van der Waals surface area contributed by atoms with E-state index in [4.69, 9.17) is 0 Å². The van der Waals surface area contributed by atoms with Crippen LogP contribution >= 0.6 is 11.8 Å². The molecular formula is C24H23N7O3S. The molecule has 1 aromatic heterocycles. The number of thioether (sulfide) groups is 1. The first-order chi connectivity index (χ1) is 17.0. The van der Waals surface area contributed by atoms with Crippen molar-refractivity contribution in [1.82, 2.24) is 36.4 Å². The van der Waals surface area contributed by atoms with Crippen LogP contribution < -0.4 is 16.2 Å². The number of aryl methyl sites for hydroxylation is 1. The number of nitrogens with one attached hydrogen (secondary N) is 3. The van der Waals surface area contributed by atoms with Crippen molar-refractivity contribution in [3.05, 3.63) is 77.9 Å². The number of rotatable bonds is 8. The Hall–Kier alpha value is -4.25. The number of fused-ring (bicyclic) bond motifs is 1. The zero-order chi connectivity index (χ0) is 24.6. The number of nitrogens with zero attached hydrogens (tertiary/aromatic N) is 4. The quantitative estimate of drug-likeness (QED) is 0.254. The molecule has 0 aliphatic rings. The van der Waals surface area contributed by atoms with Gasteiger partial charge in [0.2, 0.25) is 17.0 Å². The van der Waals surface area contributed by atoms with Crippen LogP contribution in [0.1, 0.15) is 11.1 Å². The van der Waals surface area contributed by atoms with Crippen LogP contribution in [0, 0.1) is 6.92 Å². The normalized spacial score (nSPS) is 10.7. The highest BCUT2D eigenvalue weighted by atomic mass is 32.2. The summed E-state index contributed by atoms with van der Waals surface area (Å²) in [4.78, 5) is 36.5. The molecule has 3 N–H and O–H groups in total. The molecule has 178 valence electrons. The van der Waals surface area contributed by atoms with Crippen LogP contribution in [-0.2, 0) is 20.8 Å². The molecule has 0 radical (unpaired) electrons. The topological polar surface area (TPSA) is 131 Å². The summed E-state index contributed by atoms with van der Waals surface area (Å²) in [6.45, 7) is 1.68. The molecule has 11 heteroatoms. The third-order valence-electron chi connectivity index (χ3n) is 5.14. The van der Waals surface area contributed by atoms with Crippen LogP contribution in [0.15, 0.2) is 71.9 Å². The summed E-state index contributed by atoms with van der Waals surface area (Å²) in [6.07, 6.45) is 0.146. The van der Waals surface area contributed by atoms with E-state index in [9.17, 15) is 14.4 Å². The van der Waals surface area contributed by atoms with E-state index in [2.05, 4.69) is 31.7 Å². The Morgan fingerprint density at radius 2 is 1.63 bits per heavy atom. The summed E-state index contributed by atoms with van der Waals surface area (Å²) < 4.78 is 1.55. The minimum absolute atomic E-state index is 0.0139. The summed E-state index contributed by atoms with van der Waals surface area (Å²) in [5, 5.41) is 16.7. The average molecular weight is 490 g/mol. The molecule has 4 rings (SSSR count). The molecule has 10 nitrogen and oxygen atoms in total. The molecule has 0 atom stereocenters. The molecule has 35 heavy (non-hydrogen) atoms. The molecule has 4 aromatic rings. The predicted molar refractivity (Wildman–Crippen MR) is 132 cm³/mol. The van der Waals surface area contributed by atoms with Gasteiger partial charge in [0.15, 0.2) is 0 Å². The van der Waals surface area contributed by atoms with Crippen LogP contribution in [-0.4, -0.2) is 50.2 Å². The first kappa shape index (κ1) is 23.9. The molecule has 1 heterocycles. The van der Waals surface area contributed by atoms with Crippen molar-refractivity contribution in [2.45, 2.75) is 18.5 Å². The number of carbonyl (C=O) groups excluding carboxylic acids is 3. The SMILES string of the molecule is Cc1ccccc1-n1nnnc1SCC(=O)NNC(=O)CNC(=O)Cc1cccc2ccccc12. The van der Waals surface area contributed by atoms with Gasteiger partial charge < -0.3 is 5.32 Å². The van der Waals surface area contributed by atoms with Gasteiger partial charge in [-0.25, -0.2) is 0 Å². The van der Waals surface area contributed by atoms with Gasteiger partial charge in [-0.1, -0.05) is 72.4 Å². The lowest BCUT2D eigenvalue weighted by molar-refractivity contribution is -0.128. The summed E-state index contributed by atoms with van der Waals surface area (Å²) >= 11 is 1.13. The van der Waals surface area contributed by atoms with Crippen molar-refractivity contribution in [2.75, 3.05) is 12.3 Å². The molecule has 3 amide bonds. The fourth-order valence-electron chi connectivity index (χ4n) is 3.43. The highest BCUT2D eigenvalue weighted by Crippen LogP contribution is 2.20. The van der Waals surface area contributed by atoms with Crippen molar-refractivity contribution in [1.29, 1.82) is 0 Å². The number of hydrazine groups is 1. The zero-order valence-corrected chi connectivity index (χ0v) is 19.7. The Morgan fingerprint density at radius 1 is 0.886 bits per heavy atom. The van der Waals surface area contributed by atoms with Gasteiger partial charge in [0.1, 0.15) is 0 Å². The van der Waals surface area contributed by atoms with Gasteiger partial charge >= 0.3 is 0 Å². The van der Waals surface area contributed by atoms with E-state index >= 15 is 0 Å². The van der Waals surface area contributed by atoms with E-state index in [0.717, 1.165) is 39.3 Å². The van der Waals surface area contributed by atoms with Gasteiger partial charge in [-0.2, -0.15) is 4.68 Å². The van der Waals surface area contributed by atoms with Crippen molar-refractivity contribution in [3.63, 3.8) is 0 Å². The summed E-state index contributed by atoms with van der Waals surface area (Å²) in [5.41, 5.74) is 7.29. The van der Waals surface area contributed by atoms with E-state index in [1.54, 1.807) is 4.68 Å². The van der Waals surface area contributed by atoms with E-state index in [1.165, 1.54) is 0 Å². The zero-order valence-electron chi connectivity index (χ0n) is 18.9. The molecule has 0 unspecified atom stereocenters. The number of para-hydroxylation sites is 1. The standard InChI is InChI=1S/C24H23N7O3S/c1-16-7-2-5-12-20(16)31-24(28-29-30-31)35-15-23(34)27-26-22(33)14-25-21(32)13-18-10-6-9-17-8-3-4-11-19(17)18/h2-12H,13-15H2,1H3,(H,25,32)(H,26,33)(H,27,34). The number of hydrogen-bond acceptors (Lipinski definition) is 7. The fraction of sp³-hybridized carbons (Fsp3) is 0.167. The lowest BCUT2D eigenvalue weighted by atomic mass is 10.0.